The topological polar surface area (TPSA) is 252 Å². The highest BCUT2D eigenvalue weighted by atomic mass is 31.3. The highest BCUT2D eigenvalue weighted by Gasteiger charge is 2.66. The largest absolute Gasteiger partial charge is 0.455 e. The zero-order valence-corrected chi connectivity index (χ0v) is 24.6. The number of hydrogen-bond donors (Lipinski definition) is 4. The van der Waals surface area contributed by atoms with E-state index in [-0.39, 0.29) is 11.5 Å². The van der Waals surface area contributed by atoms with Gasteiger partial charge in [-0.05, 0) is 13.0 Å². The maximum Gasteiger partial charge on any atom is 0.444 e. The van der Waals surface area contributed by atoms with Crippen molar-refractivity contribution in [3.8, 4) is 0 Å². The number of esters is 2. The maximum atomic E-state index is 13.9. The first-order valence-electron chi connectivity index (χ1n) is 11.4. The molecule has 1 aliphatic heterocycles. The molecule has 0 saturated carbocycles. The summed E-state index contributed by atoms with van der Waals surface area (Å²) < 4.78 is 91.2. The molecule has 43 heavy (non-hydrogen) atoms. The van der Waals surface area contributed by atoms with Gasteiger partial charge in [0.1, 0.15) is 23.9 Å². The van der Waals surface area contributed by atoms with Crippen molar-refractivity contribution in [2.75, 3.05) is 11.9 Å². The van der Waals surface area contributed by atoms with Gasteiger partial charge in [0.25, 0.3) is 0 Å². The Morgan fingerprint density at radius 1 is 1.16 bits per heavy atom. The second-order valence-electron chi connectivity index (χ2n) is 8.87. The van der Waals surface area contributed by atoms with Gasteiger partial charge in [-0.1, -0.05) is 0 Å². The summed E-state index contributed by atoms with van der Waals surface area (Å²) >= 11 is 0. The molecular weight excluding hydrogens is 650 g/mol. The number of nitrogens with one attached hydrogen (secondary N) is 1. The van der Waals surface area contributed by atoms with Gasteiger partial charge in [0.05, 0.1) is 19.6 Å². The molecule has 0 spiro atoms. The minimum atomic E-state index is -6.54. The standard InChI is InChI=1S/C19H27BF2N4O14P3/c1-9(27)25-15-12-5-6-26(16(12)24-8-23-15)17-18(4,39-11(3)29)14(37-10(2)28)13(38-17)7-36-43(20,35)40-42(33,34)19(21,22)41(30,31)32/h5-6,8,13-14,17H,7H2,1-4,20H3,(H,33,34)(H2,30,31,32)(H,23,24,25,27)/q-1/t13-,14+,17-,18?,43?/m1/s1. The first-order valence-corrected chi connectivity index (χ1v) is 15.7. The summed E-state index contributed by atoms with van der Waals surface area (Å²) in [5.74, 6) is -2.07. The smallest absolute Gasteiger partial charge is 0.444 e. The molecule has 0 radical (unpaired) electrons. The lowest BCUT2D eigenvalue weighted by molar-refractivity contribution is -0.184. The van der Waals surface area contributed by atoms with Gasteiger partial charge < -0.3 is 47.9 Å². The second-order valence-corrected chi connectivity index (χ2v) is 13.8. The summed E-state index contributed by atoms with van der Waals surface area (Å²) in [6.45, 7) is 3.71. The van der Waals surface area contributed by atoms with Gasteiger partial charge in [-0.25, -0.2) is 9.97 Å². The number of amides is 1. The van der Waals surface area contributed by atoms with Crippen LogP contribution in [0.25, 0.3) is 11.0 Å². The number of anilines is 1. The van der Waals surface area contributed by atoms with E-state index >= 15 is 0 Å². The Labute approximate surface area is 242 Å². The fourth-order valence-corrected chi connectivity index (χ4v) is 7.25. The van der Waals surface area contributed by atoms with E-state index in [1.54, 1.807) is 0 Å². The van der Waals surface area contributed by atoms with Gasteiger partial charge in [-0.3, -0.25) is 27.8 Å². The number of halogens is 2. The van der Waals surface area contributed by atoms with Gasteiger partial charge in [0, 0.05) is 27.0 Å². The van der Waals surface area contributed by atoms with Crippen molar-refractivity contribution in [1.82, 2.24) is 14.5 Å². The summed E-state index contributed by atoms with van der Waals surface area (Å²) in [5.41, 5.74) is -1.73. The number of fused-ring (bicyclic) bond motifs is 1. The Hall–Kier alpha value is -2.60. The van der Waals surface area contributed by atoms with Crippen molar-refractivity contribution in [2.24, 2.45) is 0 Å². The molecule has 3 heterocycles. The van der Waals surface area contributed by atoms with Crippen LogP contribution in [0.15, 0.2) is 18.6 Å². The molecule has 3 rings (SSSR count). The minimum Gasteiger partial charge on any atom is -0.455 e. The van der Waals surface area contributed by atoms with Crippen molar-refractivity contribution < 1.29 is 74.6 Å². The van der Waals surface area contributed by atoms with Crippen LogP contribution in [0.5, 0.6) is 0 Å². The molecule has 3 unspecified atom stereocenters. The van der Waals surface area contributed by atoms with Crippen LogP contribution in [0.3, 0.4) is 0 Å². The average molecular weight is 677 g/mol. The molecule has 6 atom stereocenters. The second kappa shape index (κ2) is 12.1. The number of ether oxygens (including phenoxy) is 3. The Balaban J connectivity index is 2.01. The first kappa shape index (κ1) is 34.9. The van der Waals surface area contributed by atoms with Crippen LogP contribution < -0.4 is 5.32 Å². The minimum absolute atomic E-state index is 0.124. The van der Waals surface area contributed by atoms with Gasteiger partial charge in [0.2, 0.25) is 5.91 Å². The molecule has 2 aromatic heterocycles. The van der Waals surface area contributed by atoms with Crippen molar-refractivity contribution >= 4 is 64.9 Å². The van der Waals surface area contributed by atoms with E-state index in [1.807, 2.05) is 0 Å². The van der Waals surface area contributed by atoms with Gasteiger partial charge in [0.15, 0.2) is 25.4 Å². The number of rotatable bonds is 11. The van der Waals surface area contributed by atoms with Gasteiger partial charge >= 0.3 is 32.5 Å². The third-order valence-electron chi connectivity index (χ3n) is 5.62. The highest BCUT2D eigenvalue weighted by molar-refractivity contribution is 7.86. The van der Waals surface area contributed by atoms with Crippen LogP contribution >= 0.6 is 22.7 Å². The van der Waals surface area contributed by atoms with Crippen molar-refractivity contribution in [2.45, 2.75) is 57.1 Å². The lowest BCUT2D eigenvalue weighted by atomic mass is 9.95. The van der Waals surface area contributed by atoms with E-state index in [9.17, 15) is 41.8 Å². The number of nitrogens with zero attached hydrogens (tertiary/aromatic N) is 3. The van der Waals surface area contributed by atoms with E-state index in [1.165, 1.54) is 30.7 Å². The SMILES string of the molecule is [BH3-]P(=O)(OC[C@H]1O[C@@H](n2ccc3c(NC(C)=O)ncnc32)C(C)(OC(C)=O)[C@H]1OC(C)=O)OP(=O)(O)C(F)(F)P(=O)(O)O. The summed E-state index contributed by atoms with van der Waals surface area (Å²) in [7, 11) is -19.7. The Bertz CT molecular complexity index is 1590. The Kier molecular flexibility index (Phi) is 9.79. The molecule has 4 N–H and O–H groups in total. The molecule has 18 nitrogen and oxygen atoms in total. The number of hydrogen-bond acceptors (Lipinski definition) is 13. The first-order chi connectivity index (χ1) is 19.5. The summed E-state index contributed by atoms with van der Waals surface area (Å²) in [4.78, 5) is 71.1. The number of carbonyl (C=O) groups is 3. The van der Waals surface area contributed by atoms with Crippen molar-refractivity contribution in [3.63, 3.8) is 0 Å². The molecule has 0 bridgehead atoms. The molecule has 1 aliphatic rings. The van der Waals surface area contributed by atoms with Crippen LogP contribution in [0.1, 0.15) is 33.9 Å². The molecule has 240 valence electrons. The molecular formula is C19H27BF2N4O14P3-. The van der Waals surface area contributed by atoms with Gasteiger partial charge in [-0.15, -0.1) is 0 Å². The van der Waals surface area contributed by atoms with Crippen LogP contribution in [-0.4, -0.2) is 84.4 Å². The third kappa shape index (κ3) is 7.22. The quantitative estimate of drug-likeness (QED) is 0.147. The molecule has 1 amide bonds. The zero-order chi connectivity index (χ0) is 32.8. The highest BCUT2D eigenvalue weighted by Crippen LogP contribution is 2.77. The van der Waals surface area contributed by atoms with Crippen LogP contribution in [0, 0.1) is 0 Å². The van der Waals surface area contributed by atoms with Crippen LogP contribution in [0.2, 0.25) is 0 Å². The molecule has 24 heteroatoms. The Morgan fingerprint density at radius 3 is 2.33 bits per heavy atom. The monoisotopic (exact) mass is 677 g/mol. The zero-order valence-electron chi connectivity index (χ0n) is 21.9. The molecule has 1 fully saturated rings. The van der Waals surface area contributed by atoms with E-state index in [0.717, 1.165) is 20.2 Å². The van der Waals surface area contributed by atoms with Crippen molar-refractivity contribution in [1.29, 1.82) is 0 Å². The number of alkyl halides is 2. The molecule has 1 saturated heterocycles. The average Bonchev–Trinajstić information content (AvgIpc) is 3.35. The predicted octanol–water partition coefficient (Wildman–Crippen LogP) is 0.961. The third-order valence-corrected chi connectivity index (χ3v) is 10.3. The van der Waals surface area contributed by atoms with E-state index in [4.69, 9.17) is 28.5 Å². The predicted molar refractivity (Wildman–Crippen MR) is 143 cm³/mol. The van der Waals surface area contributed by atoms with E-state index < -0.39 is 84.1 Å². The Morgan fingerprint density at radius 2 is 1.79 bits per heavy atom. The normalized spacial score (nSPS) is 25.5. The lowest BCUT2D eigenvalue weighted by Gasteiger charge is -2.34. The molecule has 0 aromatic carbocycles. The lowest BCUT2D eigenvalue weighted by Crippen LogP contribution is -2.50. The summed E-state index contributed by atoms with van der Waals surface area (Å²) in [6.07, 6.45) is -1.87. The fraction of sp³-hybridized carbons (Fsp3) is 0.526. The van der Waals surface area contributed by atoms with Gasteiger partial charge in [-0.2, -0.15) is 8.78 Å². The number of aromatic nitrogens is 3. The summed E-state index contributed by atoms with van der Waals surface area (Å²) in [5, 5.41) is -2.75. The molecule has 2 aromatic rings. The molecule has 0 aliphatic carbocycles. The van der Waals surface area contributed by atoms with Crippen LogP contribution in [0.4, 0.5) is 14.6 Å². The fourth-order valence-electron chi connectivity index (χ4n) is 4.03. The van der Waals surface area contributed by atoms with Crippen molar-refractivity contribution in [3.05, 3.63) is 18.6 Å². The van der Waals surface area contributed by atoms with E-state index in [2.05, 4.69) is 19.6 Å². The van der Waals surface area contributed by atoms with E-state index in [0.29, 0.717) is 5.39 Å². The number of carbonyl (C=O) groups excluding carboxylic acids is 3. The van der Waals surface area contributed by atoms with Crippen LogP contribution in [-0.2, 0) is 51.1 Å². The summed E-state index contributed by atoms with van der Waals surface area (Å²) in [6, 6.07) is 1.49. The maximum absolute atomic E-state index is 13.9.